The van der Waals surface area contributed by atoms with Crippen molar-refractivity contribution in [3.05, 3.63) is 95.1 Å². The molecule has 0 radical (unpaired) electrons. The van der Waals surface area contributed by atoms with E-state index < -0.39 is 12.1 Å². The molecule has 4 unspecified atom stereocenters. The van der Waals surface area contributed by atoms with Crippen LogP contribution in [0.4, 0.5) is 20.2 Å². The van der Waals surface area contributed by atoms with Gasteiger partial charge in [-0.3, -0.25) is 0 Å². The first kappa shape index (κ1) is 22.0. The van der Waals surface area contributed by atoms with Gasteiger partial charge in [0.05, 0.1) is 18.2 Å². The number of nitrogens with zero attached hydrogens (tertiary/aromatic N) is 1. The average molecular weight is 437 g/mol. The molecule has 1 heterocycles. The Morgan fingerprint density at radius 2 is 1.66 bits per heavy atom. The quantitative estimate of drug-likeness (QED) is 0.399. The van der Waals surface area contributed by atoms with Crippen LogP contribution in [-0.2, 0) is 4.79 Å². The molecule has 1 fully saturated rings. The summed E-state index contributed by atoms with van der Waals surface area (Å²) in [6, 6.07) is 17.1. The number of aliphatic hydroxyl groups excluding tert-OH is 1. The van der Waals surface area contributed by atoms with Crippen LogP contribution in [0.1, 0.15) is 41.7 Å². The topological polar surface area (TPSA) is 66.6 Å². The fourth-order valence-corrected chi connectivity index (χ4v) is 4.70. The molecular formula is C26H26F2N2O2. The molecule has 0 aliphatic carbocycles. The molecule has 0 aromatic heterocycles. The van der Waals surface area contributed by atoms with E-state index in [4.69, 9.17) is 5.73 Å². The van der Waals surface area contributed by atoms with Gasteiger partial charge in [-0.15, -0.1) is 0 Å². The maximum Gasteiger partial charge on any atom is 0.142 e. The number of carbonyl (C=O) groups is 1. The number of nitrogens with two attached hydrogens (primary N) is 1. The molecule has 1 saturated heterocycles. The van der Waals surface area contributed by atoms with E-state index in [2.05, 4.69) is 0 Å². The largest absolute Gasteiger partial charge is 0.399 e. The third kappa shape index (κ3) is 4.10. The van der Waals surface area contributed by atoms with E-state index in [0.29, 0.717) is 24.1 Å². The van der Waals surface area contributed by atoms with Crippen molar-refractivity contribution in [3.8, 4) is 0 Å². The fraction of sp³-hybridized carbons (Fsp3) is 0.269. The average Bonchev–Trinajstić information content (AvgIpc) is 2.78. The molecule has 3 N–H and O–H groups in total. The lowest BCUT2D eigenvalue weighted by Gasteiger charge is -2.55. The van der Waals surface area contributed by atoms with E-state index in [9.17, 15) is 18.7 Å². The summed E-state index contributed by atoms with van der Waals surface area (Å²) in [4.78, 5) is 14.1. The Kier molecular flexibility index (Phi) is 6.24. The Balaban J connectivity index is 1.63. The highest BCUT2D eigenvalue weighted by molar-refractivity contribution is 5.73. The second-order valence-electron chi connectivity index (χ2n) is 8.33. The van der Waals surface area contributed by atoms with Crippen molar-refractivity contribution in [2.24, 2.45) is 5.92 Å². The predicted molar refractivity (Wildman–Crippen MR) is 121 cm³/mol. The number of halogens is 2. The standard InChI is InChI=1S/C26H26F2N2O2/c1-16-21(3-2-4-23(16)29)26-22(13-14-25(32)17-5-7-18(27)8-6-17)24(15-31)30(26)20-11-9-19(28)10-12-20/h2-12,15,22,24-26,32H,13-14,29H2,1H3. The maximum atomic E-state index is 13.5. The summed E-state index contributed by atoms with van der Waals surface area (Å²) in [6.07, 6.45) is 1.16. The Labute approximate surface area is 186 Å². The molecule has 1 aliphatic rings. The molecule has 32 heavy (non-hydrogen) atoms. The van der Waals surface area contributed by atoms with Crippen LogP contribution in [0.3, 0.4) is 0 Å². The van der Waals surface area contributed by atoms with Crippen molar-refractivity contribution >= 4 is 17.7 Å². The van der Waals surface area contributed by atoms with Crippen LogP contribution in [0.5, 0.6) is 0 Å². The third-order valence-electron chi connectivity index (χ3n) is 6.49. The van der Waals surface area contributed by atoms with Crippen LogP contribution in [0.15, 0.2) is 66.7 Å². The van der Waals surface area contributed by atoms with Crippen molar-refractivity contribution in [2.75, 3.05) is 10.6 Å². The van der Waals surface area contributed by atoms with Gasteiger partial charge in [-0.05, 0) is 78.9 Å². The first-order valence-corrected chi connectivity index (χ1v) is 10.7. The molecule has 3 aromatic carbocycles. The molecule has 166 valence electrons. The molecule has 0 spiro atoms. The lowest BCUT2D eigenvalue weighted by molar-refractivity contribution is -0.112. The predicted octanol–water partition coefficient (Wildman–Crippen LogP) is 5.11. The van der Waals surface area contributed by atoms with Gasteiger partial charge in [-0.25, -0.2) is 8.78 Å². The Bertz CT molecular complexity index is 1090. The minimum absolute atomic E-state index is 0.0619. The molecule has 3 aromatic rings. The first-order chi connectivity index (χ1) is 15.4. The summed E-state index contributed by atoms with van der Waals surface area (Å²) in [7, 11) is 0. The minimum Gasteiger partial charge on any atom is -0.399 e. The van der Waals surface area contributed by atoms with E-state index >= 15 is 0 Å². The van der Waals surface area contributed by atoms with Crippen LogP contribution in [0.25, 0.3) is 0 Å². The zero-order valence-electron chi connectivity index (χ0n) is 17.8. The zero-order valence-corrected chi connectivity index (χ0v) is 17.8. The van der Waals surface area contributed by atoms with Crippen LogP contribution < -0.4 is 10.6 Å². The van der Waals surface area contributed by atoms with Gasteiger partial charge in [0.1, 0.15) is 17.9 Å². The fourth-order valence-electron chi connectivity index (χ4n) is 4.70. The number of rotatable bonds is 7. The number of benzene rings is 3. The van der Waals surface area contributed by atoms with Crippen LogP contribution >= 0.6 is 0 Å². The normalized spacial score (nSPS) is 21.1. The van der Waals surface area contributed by atoms with Gasteiger partial charge < -0.3 is 20.5 Å². The van der Waals surface area contributed by atoms with Crippen molar-refractivity contribution in [2.45, 2.75) is 38.0 Å². The van der Waals surface area contributed by atoms with Gasteiger partial charge in [-0.2, -0.15) is 0 Å². The van der Waals surface area contributed by atoms with Crippen LogP contribution in [0, 0.1) is 24.5 Å². The summed E-state index contributed by atoms with van der Waals surface area (Å²) in [5.74, 6) is -0.756. The van der Waals surface area contributed by atoms with Crippen LogP contribution in [0.2, 0.25) is 0 Å². The second-order valence-corrected chi connectivity index (χ2v) is 8.33. The van der Waals surface area contributed by atoms with Crippen molar-refractivity contribution in [1.29, 1.82) is 0 Å². The van der Waals surface area contributed by atoms with Crippen LogP contribution in [-0.4, -0.2) is 17.4 Å². The van der Waals surface area contributed by atoms with E-state index in [1.165, 1.54) is 24.3 Å². The summed E-state index contributed by atoms with van der Waals surface area (Å²) < 4.78 is 26.7. The Hall–Kier alpha value is -3.25. The number of hydrogen-bond donors (Lipinski definition) is 2. The van der Waals surface area contributed by atoms with Gasteiger partial charge in [-0.1, -0.05) is 24.3 Å². The van der Waals surface area contributed by atoms with Crippen molar-refractivity contribution < 1.29 is 18.7 Å². The number of anilines is 2. The highest BCUT2D eigenvalue weighted by Crippen LogP contribution is 2.50. The number of aldehydes is 1. The Morgan fingerprint density at radius 1 is 1.03 bits per heavy atom. The third-order valence-corrected chi connectivity index (χ3v) is 6.49. The minimum atomic E-state index is -0.759. The van der Waals surface area contributed by atoms with E-state index in [-0.39, 0.29) is 23.6 Å². The highest BCUT2D eigenvalue weighted by atomic mass is 19.1. The van der Waals surface area contributed by atoms with Gasteiger partial charge in [0.25, 0.3) is 0 Å². The maximum absolute atomic E-state index is 13.5. The molecule has 6 heteroatoms. The summed E-state index contributed by atoms with van der Waals surface area (Å²) in [5, 5.41) is 10.6. The number of hydrogen-bond acceptors (Lipinski definition) is 4. The smallest absolute Gasteiger partial charge is 0.142 e. The van der Waals surface area contributed by atoms with E-state index in [1.54, 1.807) is 24.3 Å². The van der Waals surface area contributed by atoms with Crippen molar-refractivity contribution in [3.63, 3.8) is 0 Å². The monoisotopic (exact) mass is 436 g/mol. The molecule has 0 bridgehead atoms. The number of nitrogen functional groups attached to an aromatic ring is 1. The lowest BCUT2D eigenvalue weighted by atomic mass is 9.72. The van der Waals surface area contributed by atoms with Gasteiger partial charge >= 0.3 is 0 Å². The molecule has 4 nitrogen and oxygen atoms in total. The number of carbonyl (C=O) groups excluding carboxylic acids is 1. The van der Waals surface area contributed by atoms with Gasteiger partial charge in [0.15, 0.2) is 0 Å². The Morgan fingerprint density at radius 3 is 2.28 bits per heavy atom. The second kappa shape index (κ2) is 9.09. The summed E-state index contributed by atoms with van der Waals surface area (Å²) in [6.45, 7) is 1.95. The van der Waals surface area contributed by atoms with E-state index in [0.717, 1.165) is 23.1 Å². The molecule has 4 rings (SSSR count). The molecule has 1 aliphatic heterocycles. The SMILES string of the molecule is Cc1c(N)cccc1C1C(CCC(O)c2ccc(F)cc2)C(C=O)N1c1ccc(F)cc1. The molecule has 0 saturated carbocycles. The molecule has 0 amide bonds. The zero-order chi connectivity index (χ0) is 22.8. The summed E-state index contributed by atoms with van der Waals surface area (Å²) >= 11 is 0. The number of aliphatic hydroxyl groups is 1. The van der Waals surface area contributed by atoms with Gasteiger partial charge in [0, 0.05) is 17.3 Å². The van der Waals surface area contributed by atoms with Crippen molar-refractivity contribution in [1.82, 2.24) is 0 Å². The van der Waals surface area contributed by atoms with E-state index in [1.807, 2.05) is 30.0 Å². The van der Waals surface area contributed by atoms with Gasteiger partial charge in [0.2, 0.25) is 0 Å². The first-order valence-electron chi connectivity index (χ1n) is 10.7. The highest BCUT2D eigenvalue weighted by Gasteiger charge is 2.49. The molecule has 4 atom stereocenters. The summed E-state index contributed by atoms with van der Waals surface area (Å²) in [5.41, 5.74) is 10.2. The lowest BCUT2D eigenvalue weighted by Crippen LogP contribution is -2.59. The molecular weight excluding hydrogens is 410 g/mol.